The van der Waals surface area contributed by atoms with Crippen molar-refractivity contribution in [3.05, 3.63) is 46.7 Å². The van der Waals surface area contributed by atoms with Crippen molar-refractivity contribution in [2.24, 2.45) is 0 Å². The molecule has 0 aliphatic rings. The van der Waals surface area contributed by atoms with Gasteiger partial charge in [0.15, 0.2) is 0 Å². The Labute approximate surface area is 112 Å². The van der Waals surface area contributed by atoms with Crippen molar-refractivity contribution in [1.29, 1.82) is 0 Å². The van der Waals surface area contributed by atoms with Crippen LogP contribution in [0.15, 0.2) is 35.3 Å². The Balaban J connectivity index is 3.04. The summed E-state index contributed by atoms with van der Waals surface area (Å²) in [5, 5.41) is 8.72. The van der Waals surface area contributed by atoms with E-state index in [1.54, 1.807) is 0 Å². The standard InChI is InChI=1S/C12H11BrFNO3/c1-2-5-15(7-11(16)17)12(18)9-6-8(14)3-4-10(9)13/h2-4,6H,1,5,7H2,(H,16,17). The van der Waals surface area contributed by atoms with Gasteiger partial charge in [0.1, 0.15) is 12.4 Å². The molecule has 1 N–H and O–H groups in total. The highest BCUT2D eigenvalue weighted by Crippen LogP contribution is 2.19. The molecule has 0 unspecified atom stereocenters. The van der Waals surface area contributed by atoms with Crippen LogP contribution in [-0.2, 0) is 4.79 Å². The zero-order valence-electron chi connectivity index (χ0n) is 9.40. The average molecular weight is 316 g/mol. The summed E-state index contributed by atoms with van der Waals surface area (Å²) < 4.78 is 13.5. The highest BCUT2D eigenvalue weighted by atomic mass is 79.9. The van der Waals surface area contributed by atoms with Gasteiger partial charge in [0.25, 0.3) is 5.91 Å². The van der Waals surface area contributed by atoms with Gasteiger partial charge in [0, 0.05) is 11.0 Å². The molecule has 0 radical (unpaired) electrons. The summed E-state index contributed by atoms with van der Waals surface area (Å²) in [6, 6.07) is 3.66. The number of amides is 1. The number of halogens is 2. The van der Waals surface area contributed by atoms with Gasteiger partial charge < -0.3 is 10.0 Å². The smallest absolute Gasteiger partial charge is 0.323 e. The number of carbonyl (C=O) groups excluding carboxylic acids is 1. The van der Waals surface area contributed by atoms with Crippen molar-refractivity contribution in [2.45, 2.75) is 0 Å². The zero-order chi connectivity index (χ0) is 13.7. The van der Waals surface area contributed by atoms with Crippen molar-refractivity contribution in [2.75, 3.05) is 13.1 Å². The third-order valence-corrected chi connectivity index (χ3v) is 2.81. The molecular formula is C12H11BrFNO3. The fourth-order valence-corrected chi connectivity index (χ4v) is 1.79. The highest BCUT2D eigenvalue weighted by molar-refractivity contribution is 9.10. The maximum atomic E-state index is 13.1. The number of carbonyl (C=O) groups is 2. The summed E-state index contributed by atoms with van der Waals surface area (Å²) in [5.41, 5.74) is 0.0816. The van der Waals surface area contributed by atoms with Gasteiger partial charge in [0.05, 0.1) is 5.56 Å². The van der Waals surface area contributed by atoms with Crippen LogP contribution in [0.2, 0.25) is 0 Å². The van der Waals surface area contributed by atoms with Crippen molar-refractivity contribution in [1.82, 2.24) is 4.90 Å². The maximum absolute atomic E-state index is 13.1. The van der Waals surface area contributed by atoms with Crippen LogP contribution < -0.4 is 0 Å². The molecule has 0 aromatic heterocycles. The van der Waals surface area contributed by atoms with Crippen molar-refractivity contribution < 1.29 is 19.1 Å². The van der Waals surface area contributed by atoms with E-state index in [0.29, 0.717) is 4.47 Å². The predicted molar refractivity (Wildman–Crippen MR) is 67.8 cm³/mol. The second-order valence-electron chi connectivity index (χ2n) is 3.49. The molecule has 0 heterocycles. The second kappa shape index (κ2) is 6.30. The normalized spacial score (nSPS) is 9.89. The Morgan fingerprint density at radius 3 is 2.72 bits per heavy atom. The molecule has 18 heavy (non-hydrogen) atoms. The summed E-state index contributed by atoms with van der Waals surface area (Å²) in [7, 11) is 0. The summed E-state index contributed by atoms with van der Waals surface area (Å²) >= 11 is 3.13. The zero-order valence-corrected chi connectivity index (χ0v) is 11.0. The van der Waals surface area contributed by atoms with E-state index in [1.807, 2.05) is 0 Å². The van der Waals surface area contributed by atoms with Gasteiger partial charge in [-0.25, -0.2) is 4.39 Å². The number of aliphatic carboxylic acids is 1. The maximum Gasteiger partial charge on any atom is 0.323 e. The fourth-order valence-electron chi connectivity index (χ4n) is 1.37. The number of benzene rings is 1. The number of hydrogen-bond acceptors (Lipinski definition) is 2. The van der Waals surface area contributed by atoms with Crippen LogP contribution in [0.4, 0.5) is 4.39 Å². The molecule has 0 saturated carbocycles. The fraction of sp³-hybridized carbons (Fsp3) is 0.167. The first-order valence-corrected chi connectivity index (χ1v) is 5.82. The van der Waals surface area contributed by atoms with Gasteiger partial charge in [-0.15, -0.1) is 6.58 Å². The largest absolute Gasteiger partial charge is 0.480 e. The van der Waals surface area contributed by atoms with Crippen LogP contribution in [0, 0.1) is 5.82 Å². The van der Waals surface area contributed by atoms with Crippen LogP contribution in [-0.4, -0.2) is 35.0 Å². The van der Waals surface area contributed by atoms with E-state index in [2.05, 4.69) is 22.5 Å². The minimum Gasteiger partial charge on any atom is -0.480 e. The molecule has 0 bridgehead atoms. The molecule has 4 nitrogen and oxygen atoms in total. The number of carboxylic acids is 1. The number of rotatable bonds is 5. The van der Waals surface area contributed by atoms with E-state index < -0.39 is 24.2 Å². The van der Waals surface area contributed by atoms with E-state index in [-0.39, 0.29) is 12.1 Å². The molecule has 0 aliphatic heterocycles. The summed E-state index contributed by atoms with van der Waals surface area (Å²) in [4.78, 5) is 23.8. The Hall–Kier alpha value is -1.69. The molecule has 0 spiro atoms. The van der Waals surface area contributed by atoms with E-state index in [9.17, 15) is 14.0 Å². The minimum atomic E-state index is -1.14. The van der Waals surface area contributed by atoms with Crippen LogP contribution >= 0.6 is 15.9 Å². The Kier molecular flexibility index (Phi) is 5.03. The van der Waals surface area contributed by atoms with Crippen molar-refractivity contribution in [3.8, 4) is 0 Å². The molecule has 1 amide bonds. The van der Waals surface area contributed by atoms with E-state index in [0.717, 1.165) is 11.0 Å². The molecule has 96 valence electrons. The van der Waals surface area contributed by atoms with E-state index >= 15 is 0 Å². The molecule has 1 aromatic rings. The van der Waals surface area contributed by atoms with Gasteiger partial charge >= 0.3 is 5.97 Å². The monoisotopic (exact) mass is 315 g/mol. The predicted octanol–water partition coefficient (Wildman–Crippen LogP) is 2.30. The Morgan fingerprint density at radius 2 is 2.17 bits per heavy atom. The van der Waals surface area contributed by atoms with Gasteiger partial charge in [-0.3, -0.25) is 9.59 Å². The average Bonchev–Trinajstić information content (AvgIpc) is 2.30. The van der Waals surface area contributed by atoms with Crippen molar-refractivity contribution >= 4 is 27.8 Å². The minimum absolute atomic E-state index is 0.0775. The lowest BCUT2D eigenvalue weighted by Crippen LogP contribution is -2.36. The molecule has 1 aromatic carbocycles. The van der Waals surface area contributed by atoms with Gasteiger partial charge in [-0.05, 0) is 34.1 Å². The molecule has 1 rings (SSSR count). The molecule has 0 aliphatic carbocycles. The second-order valence-corrected chi connectivity index (χ2v) is 4.35. The third kappa shape index (κ3) is 3.66. The van der Waals surface area contributed by atoms with Crippen molar-refractivity contribution in [3.63, 3.8) is 0 Å². The number of nitrogens with zero attached hydrogens (tertiary/aromatic N) is 1. The van der Waals surface area contributed by atoms with Gasteiger partial charge in [0.2, 0.25) is 0 Å². The van der Waals surface area contributed by atoms with Crippen LogP contribution in [0.25, 0.3) is 0 Å². The molecule has 0 saturated heterocycles. The molecule has 0 atom stereocenters. The molecule has 0 fully saturated rings. The van der Waals surface area contributed by atoms with Crippen LogP contribution in [0.3, 0.4) is 0 Å². The quantitative estimate of drug-likeness (QED) is 0.848. The number of hydrogen-bond donors (Lipinski definition) is 1. The van der Waals surface area contributed by atoms with Crippen LogP contribution in [0.1, 0.15) is 10.4 Å². The lowest BCUT2D eigenvalue weighted by atomic mass is 10.2. The first-order chi connectivity index (χ1) is 8.45. The van der Waals surface area contributed by atoms with Gasteiger partial charge in [-0.2, -0.15) is 0 Å². The lowest BCUT2D eigenvalue weighted by molar-refractivity contribution is -0.137. The summed E-state index contributed by atoms with van der Waals surface area (Å²) in [5.74, 6) is -2.27. The van der Waals surface area contributed by atoms with E-state index in [1.165, 1.54) is 18.2 Å². The summed E-state index contributed by atoms with van der Waals surface area (Å²) in [6.07, 6.45) is 1.41. The highest BCUT2D eigenvalue weighted by Gasteiger charge is 2.20. The summed E-state index contributed by atoms with van der Waals surface area (Å²) in [6.45, 7) is 3.06. The SMILES string of the molecule is C=CCN(CC(=O)O)C(=O)c1cc(F)ccc1Br. The van der Waals surface area contributed by atoms with Crippen LogP contribution in [0.5, 0.6) is 0 Å². The Morgan fingerprint density at radius 1 is 1.50 bits per heavy atom. The third-order valence-electron chi connectivity index (χ3n) is 2.12. The van der Waals surface area contributed by atoms with Gasteiger partial charge in [-0.1, -0.05) is 6.08 Å². The number of carboxylic acid groups (broad SMARTS) is 1. The lowest BCUT2D eigenvalue weighted by Gasteiger charge is -2.19. The topological polar surface area (TPSA) is 57.6 Å². The first-order valence-electron chi connectivity index (χ1n) is 5.02. The Bertz CT molecular complexity index is 490. The van der Waals surface area contributed by atoms with E-state index in [4.69, 9.17) is 5.11 Å². The molecule has 6 heteroatoms. The first kappa shape index (κ1) is 14.4. The molecular weight excluding hydrogens is 305 g/mol.